The van der Waals surface area contributed by atoms with E-state index < -0.39 is 0 Å². The van der Waals surface area contributed by atoms with Gasteiger partial charge in [0, 0.05) is 63.0 Å². The molecule has 0 aliphatic carbocycles. The van der Waals surface area contributed by atoms with Gasteiger partial charge in [0.05, 0.1) is 0 Å². The quantitative estimate of drug-likeness (QED) is 0.203. The normalized spacial score (nSPS) is 10.4. The van der Waals surface area contributed by atoms with Gasteiger partial charge in [0.2, 0.25) is 0 Å². The molecule has 0 heterocycles. The summed E-state index contributed by atoms with van der Waals surface area (Å²) in [7, 11) is 0. The number of hydrogen-bond acceptors (Lipinski definition) is 6. The second-order valence-electron chi connectivity index (χ2n) is 8.55. The van der Waals surface area contributed by atoms with Crippen molar-refractivity contribution in [2.24, 2.45) is 0 Å². The predicted molar refractivity (Wildman–Crippen MR) is 156 cm³/mol. The number of nitrogens with zero attached hydrogens (tertiary/aromatic N) is 3. The third kappa shape index (κ3) is 5.42. The second kappa shape index (κ2) is 10.6. The van der Waals surface area contributed by atoms with Crippen LogP contribution in [0.4, 0.5) is 56.9 Å². The smallest absolute Gasteiger partial charge is 0.0463 e. The molecule has 8 N–H and O–H groups in total. The average molecular weight is 487 g/mol. The third-order valence-electron chi connectivity index (χ3n) is 5.97. The first-order valence-corrected chi connectivity index (χ1v) is 11.6. The van der Waals surface area contributed by atoms with Crippen LogP contribution >= 0.6 is 0 Å². The molecule has 0 unspecified atom stereocenters. The second-order valence-corrected chi connectivity index (χ2v) is 8.55. The minimum atomic E-state index is 0. The molecule has 0 aliphatic rings. The van der Waals surface area contributed by atoms with Crippen molar-refractivity contribution in [3.63, 3.8) is 0 Å². The van der Waals surface area contributed by atoms with Crippen LogP contribution < -0.4 is 38.9 Å². The van der Waals surface area contributed by atoms with Crippen LogP contribution in [0.1, 0.15) is 0 Å². The van der Waals surface area contributed by atoms with Gasteiger partial charge in [-0.25, -0.2) is 0 Å². The van der Waals surface area contributed by atoms with Gasteiger partial charge in [-0.1, -0.05) is 0 Å². The van der Waals surface area contributed by atoms with Crippen LogP contribution in [-0.2, 0) is 0 Å². The molecule has 0 saturated carbocycles. The highest BCUT2D eigenvalue weighted by atomic mass is 15.2. The fourth-order valence-corrected chi connectivity index (χ4v) is 4.14. The van der Waals surface area contributed by atoms with Gasteiger partial charge in [0.25, 0.3) is 0 Å². The molecule has 5 aromatic carbocycles. The van der Waals surface area contributed by atoms with Crippen LogP contribution in [0.25, 0.3) is 0 Å². The van der Waals surface area contributed by atoms with Crippen LogP contribution in [0, 0.1) is 0 Å². The number of hydrogen-bond donors (Lipinski definition) is 4. The highest BCUT2D eigenvalue weighted by Crippen LogP contribution is 2.39. The van der Waals surface area contributed by atoms with Gasteiger partial charge in [-0.15, -0.1) is 0 Å². The minimum absolute atomic E-state index is 0. The van der Waals surface area contributed by atoms with Gasteiger partial charge >= 0.3 is 0 Å². The number of nitrogen functional groups attached to an aromatic ring is 4. The van der Waals surface area contributed by atoms with E-state index in [1.54, 1.807) is 0 Å². The summed E-state index contributed by atoms with van der Waals surface area (Å²) in [5.41, 5.74) is 32.7. The molecular weight excluding hydrogens is 458 g/mol. The molecule has 37 heavy (non-hydrogen) atoms. The molecule has 0 atom stereocenters. The first-order valence-electron chi connectivity index (χ1n) is 11.6. The maximum absolute atomic E-state index is 5.95. The molecule has 0 aromatic heterocycles. The van der Waals surface area contributed by atoms with Crippen molar-refractivity contribution in [1.29, 1.82) is 0 Å². The maximum Gasteiger partial charge on any atom is 0.0463 e. The fourth-order valence-electron chi connectivity index (χ4n) is 4.14. The van der Waals surface area contributed by atoms with Crippen molar-refractivity contribution in [2.45, 2.75) is 0 Å². The summed E-state index contributed by atoms with van der Waals surface area (Å²) in [5, 5.41) is 0. The molecule has 0 fully saturated rings. The predicted octanol–water partition coefficient (Wildman–Crippen LogP) is 6.47. The Balaban J connectivity index is 0.00000320. The number of nitrogens with two attached hydrogens (primary N) is 4. The van der Waals surface area contributed by atoms with Crippen LogP contribution in [0.3, 0.4) is 0 Å². The van der Waals surface area contributed by atoms with E-state index >= 15 is 0 Å². The van der Waals surface area contributed by atoms with Crippen molar-refractivity contribution in [3.05, 3.63) is 121 Å². The van der Waals surface area contributed by atoms with Crippen LogP contribution in [-0.4, -0.2) is 0 Å². The van der Waals surface area contributed by atoms with Crippen LogP contribution in [0.15, 0.2) is 121 Å². The third-order valence-corrected chi connectivity index (χ3v) is 5.97. The lowest BCUT2D eigenvalue weighted by Crippen LogP contribution is -2.12. The molecule has 3 radical (unpaired) electrons. The molecule has 0 saturated heterocycles. The standard InChI is InChI=1S/C30H28N6.N/c31-21-1-9-25(10-2-21)35(26-11-3-22(32)4-12-26)29-17-19-30(20-18-29)36(27-13-5-23(33)6-14-27)28-15-7-24(34)8-16-28;/h1-20H,31-34H2;. The Morgan fingerprint density at radius 1 is 0.270 bits per heavy atom. The Labute approximate surface area is 217 Å². The summed E-state index contributed by atoms with van der Waals surface area (Å²) in [6.07, 6.45) is 0. The first kappa shape index (κ1) is 25.0. The Hall–Kier alpha value is -5.14. The molecule has 0 spiro atoms. The van der Waals surface area contributed by atoms with E-state index in [0.29, 0.717) is 22.7 Å². The lowest BCUT2D eigenvalue weighted by atomic mass is 10.1. The van der Waals surface area contributed by atoms with Crippen molar-refractivity contribution in [3.8, 4) is 0 Å². The summed E-state index contributed by atoms with van der Waals surface area (Å²) in [4.78, 5) is 4.33. The van der Waals surface area contributed by atoms with Crippen molar-refractivity contribution in [1.82, 2.24) is 6.15 Å². The Morgan fingerprint density at radius 2 is 0.405 bits per heavy atom. The highest BCUT2D eigenvalue weighted by Gasteiger charge is 2.16. The Morgan fingerprint density at radius 3 is 0.568 bits per heavy atom. The zero-order valence-corrected chi connectivity index (χ0v) is 20.2. The van der Waals surface area contributed by atoms with Crippen LogP contribution in [0.5, 0.6) is 0 Å². The highest BCUT2D eigenvalue weighted by molar-refractivity contribution is 5.82. The monoisotopic (exact) mass is 486 g/mol. The van der Waals surface area contributed by atoms with Gasteiger partial charge in [-0.3, -0.25) is 0 Å². The van der Waals surface area contributed by atoms with Gasteiger partial charge in [-0.2, -0.15) is 0 Å². The summed E-state index contributed by atoms with van der Waals surface area (Å²) >= 11 is 0. The number of anilines is 10. The lowest BCUT2D eigenvalue weighted by Gasteiger charge is -2.28. The Bertz CT molecular complexity index is 1220. The molecule has 0 amide bonds. The maximum atomic E-state index is 5.95. The van der Waals surface area contributed by atoms with Crippen LogP contribution in [0.2, 0.25) is 0 Å². The SMILES string of the molecule is Nc1ccc(N(c2ccc(N)cc2)c2ccc(N(c3ccc(N)cc3)c3ccc(N)cc3)cc2)cc1.[N]. The van der Waals surface area contributed by atoms with Gasteiger partial charge in [0.1, 0.15) is 0 Å². The van der Waals surface area contributed by atoms with Gasteiger partial charge in [0.15, 0.2) is 0 Å². The molecule has 7 heteroatoms. The summed E-state index contributed by atoms with van der Waals surface area (Å²) < 4.78 is 0. The van der Waals surface area contributed by atoms with E-state index in [4.69, 9.17) is 22.9 Å². The summed E-state index contributed by atoms with van der Waals surface area (Å²) in [5.74, 6) is 0. The minimum Gasteiger partial charge on any atom is -0.399 e. The van der Waals surface area contributed by atoms with E-state index in [-0.39, 0.29) is 6.15 Å². The number of benzene rings is 5. The molecule has 0 bridgehead atoms. The topological polar surface area (TPSA) is 141 Å². The molecule has 7 nitrogen and oxygen atoms in total. The van der Waals surface area contributed by atoms with E-state index in [9.17, 15) is 0 Å². The summed E-state index contributed by atoms with van der Waals surface area (Å²) in [6.45, 7) is 0. The van der Waals surface area contributed by atoms with Crippen molar-refractivity contribution >= 4 is 56.9 Å². The molecule has 5 rings (SSSR count). The van der Waals surface area contributed by atoms with Crippen molar-refractivity contribution < 1.29 is 0 Å². The Kier molecular flexibility index (Phi) is 7.18. The first-order chi connectivity index (χ1) is 17.5. The zero-order valence-electron chi connectivity index (χ0n) is 20.2. The van der Waals surface area contributed by atoms with E-state index in [0.717, 1.165) is 34.1 Å². The van der Waals surface area contributed by atoms with Gasteiger partial charge in [-0.05, 0) is 121 Å². The lowest BCUT2D eigenvalue weighted by molar-refractivity contribution is 1.26. The molecule has 0 aliphatic heterocycles. The summed E-state index contributed by atoms with van der Waals surface area (Å²) in [6, 6.07) is 39.7. The molecule has 183 valence electrons. The average Bonchev–Trinajstić information content (AvgIpc) is 2.90. The van der Waals surface area contributed by atoms with E-state index in [1.165, 1.54) is 0 Å². The van der Waals surface area contributed by atoms with Gasteiger partial charge < -0.3 is 32.7 Å². The molecular formula is C30H28N7. The number of rotatable bonds is 6. The zero-order chi connectivity index (χ0) is 25.1. The molecule has 5 aromatic rings. The fraction of sp³-hybridized carbons (Fsp3) is 0. The van der Waals surface area contributed by atoms with Crippen molar-refractivity contribution in [2.75, 3.05) is 32.7 Å². The largest absolute Gasteiger partial charge is 0.399 e. The van der Waals surface area contributed by atoms with E-state index in [2.05, 4.69) is 34.1 Å². The van der Waals surface area contributed by atoms with E-state index in [1.807, 2.05) is 97.1 Å².